The minimum Gasteiger partial charge on any atom is -0.488 e. The summed E-state index contributed by atoms with van der Waals surface area (Å²) in [5.41, 5.74) is 3.70. The molecular weight excluding hydrogens is 314 g/mol. The third-order valence-corrected chi connectivity index (χ3v) is 3.70. The summed E-state index contributed by atoms with van der Waals surface area (Å²) in [6.45, 7) is 6.68. The minimum atomic E-state index is 0.586. The van der Waals surface area contributed by atoms with Gasteiger partial charge in [0.05, 0.1) is 4.47 Å². The van der Waals surface area contributed by atoms with Crippen molar-refractivity contribution in [2.45, 2.75) is 27.0 Å². The van der Waals surface area contributed by atoms with Crippen molar-refractivity contribution >= 4 is 15.9 Å². The van der Waals surface area contributed by atoms with Crippen LogP contribution in [0.3, 0.4) is 0 Å². The first-order valence-electron chi connectivity index (χ1n) is 6.86. The summed E-state index contributed by atoms with van der Waals surface area (Å²) in [6, 6.07) is 14.6. The van der Waals surface area contributed by atoms with Crippen molar-refractivity contribution in [3.8, 4) is 5.75 Å². The van der Waals surface area contributed by atoms with Crippen LogP contribution in [0.1, 0.15) is 23.6 Å². The largest absolute Gasteiger partial charge is 0.488 e. The molecule has 0 heterocycles. The quantitative estimate of drug-likeness (QED) is 0.843. The Hall–Kier alpha value is -1.32. The third-order valence-electron chi connectivity index (χ3n) is 3.08. The summed E-state index contributed by atoms with van der Waals surface area (Å²) in [5, 5.41) is 3.32. The van der Waals surface area contributed by atoms with Crippen molar-refractivity contribution in [1.29, 1.82) is 0 Å². The molecule has 1 N–H and O–H groups in total. The second-order valence-electron chi connectivity index (χ2n) is 4.82. The van der Waals surface area contributed by atoms with Gasteiger partial charge in [-0.15, -0.1) is 0 Å². The Balaban J connectivity index is 1.93. The number of hydrogen-bond acceptors (Lipinski definition) is 2. The standard InChI is InChI=1S/C17H20BrNO/c1-3-19-11-14-5-7-15(8-6-14)12-20-17-9-4-13(2)10-16(17)18/h4-10,19H,3,11-12H2,1-2H3. The minimum absolute atomic E-state index is 0.586. The Labute approximate surface area is 129 Å². The van der Waals surface area contributed by atoms with Gasteiger partial charge >= 0.3 is 0 Å². The van der Waals surface area contributed by atoms with E-state index in [2.05, 4.69) is 71.5 Å². The Morgan fingerprint density at radius 2 is 1.75 bits per heavy atom. The molecule has 0 aliphatic carbocycles. The molecule has 0 aliphatic rings. The molecule has 0 fully saturated rings. The number of benzene rings is 2. The van der Waals surface area contributed by atoms with E-state index in [0.29, 0.717) is 6.61 Å². The highest BCUT2D eigenvalue weighted by Crippen LogP contribution is 2.26. The molecule has 0 spiro atoms. The molecule has 2 nitrogen and oxygen atoms in total. The first kappa shape index (κ1) is 15.1. The van der Waals surface area contributed by atoms with E-state index in [-0.39, 0.29) is 0 Å². The first-order valence-corrected chi connectivity index (χ1v) is 7.66. The molecule has 106 valence electrons. The van der Waals surface area contributed by atoms with Gasteiger partial charge in [0.25, 0.3) is 0 Å². The number of halogens is 1. The monoisotopic (exact) mass is 333 g/mol. The fourth-order valence-electron chi connectivity index (χ4n) is 1.91. The van der Waals surface area contributed by atoms with Gasteiger partial charge in [0.2, 0.25) is 0 Å². The number of aryl methyl sites for hydroxylation is 1. The van der Waals surface area contributed by atoms with Gasteiger partial charge in [-0.3, -0.25) is 0 Å². The van der Waals surface area contributed by atoms with Gasteiger partial charge in [-0.1, -0.05) is 37.3 Å². The zero-order valence-electron chi connectivity index (χ0n) is 11.9. The van der Waals surface area contributed by atoms with Crippen LogP contribution in [0.4, 0.5) is 0 Å². The summed E-state index contributed by atoms with van der Waals surface area (Å²) in [4.78, 5) is 0. The van der Waals surface area contributed by atoms with Crippen molar-refractivity contribution in [3.63, 3.8) is 0 Å². The van der Waals surface area contributed by atoms with E-state index in [1.807, 2.05) is 6.07 Å². The van der Waals surface area contributed by atoms with Gasteiger partial charge in [0.1, 0.15) is 12.4 Å². The number of rotatable bonds is 6. The number of hydrogen-bond donors (Lipinski definition) is 1. The SMILES string of the molecule is CCNCc1ccc(COc2ccc(C)cc2Br)cc1. The fourth-order valence-corrected chi connectivity index (χ4v) is 2.51. The van der Waals surface area contributed by atoms with Crippen LogP contribution in [0.2, 0.25) is 0 Å². The van der Waals surface area contributed by atoms with Crippen LogP contribution in [0.5, 0.6) is 5.75 Å². The van der Waals surface area contributed by atoms with Crippen LogP contribution in [0.25, 0.3) is 0 Å². The molecule has 0 radical (unpaired) electrons. The Bertz CT molecular complexity index is 551. The summed E-state index contributed by atoms with van der Waals surface area (Å²) in [6.07, 6.45) is 0. The molecule has 0 saturated carbocycles. The molecule has 0 amide bonds. The van der Waals surface area contributed by atoms with Crippen LogP contribution < -0.4 is 10.1 Å². The zero-order chi connectivity index (χ0) is 14.4. The molecule has 0 atom stereocenters. The molecule has 0 bridgehead atoms. The smallest absolute Gasteiger partial charge is 0.134 e. The van der Waals surface area contributed by atoms with Crippen LogP contribution in [-0.4, -0.2) is 6.54 Å². The first-order chi connectivity index (χ1) is 9.69. The Kier molecular flexibility index (Phi) is 5.62. The second kappa shape index (κ2) is 7.46. The molecule has 20 heavy (non-hydrogen) atoms. The molecule has 0 unspecified atom stereocenters. The number of ether oxygens (including phenoxy) is 1. The highest BCUT2D eigenvalue weighted by Gasteiger charge is 2.02. The molecule has 3 heteroatoms. The van der Waals surface area contributed by atoms with E-state index in [9.17, 15) is 0 Å². The maximum atomic E-state index is 5.84. The van der Waals surface area contributed by atoms with E-state index in [1.54, 1.807) is 0 Å². The predicted molar refractivity (Wildman–Crippen MR) is 87.0 cm³/mol. The van der Waals surface area contributed by atoms with Gasteiger partial charge in [0.15, 0.2) is 0 Å². The topological polar surface area (TPSA) is 21.3 Å². The number of nitrogens with one attached hydrogen (secondary N) is 1. The van der Waals surface area contributed by atoms with Gasteiger partial charge in [-0.05, 0) is 58.2 Å². The van der Waals surface area contributed by atoms with Gasteiger partial charge in [-0.25, -0.2) is 0 Å². The maximum absolute atomic E-state index is 5.84. The van der Waals surface area contributed by atoms with E-state index < -0.39 is 0 Å². The van der Waals surface area contributed by atoms with Gasteiger partial charge < -0.3 is 10.1 Å². The maximum Gasteiger partial charge on any atom is 0.134 e. The van der Waals surface area contributed by atoms with E-state index >= 15 is 0 Å². The van der Waals surface area contributed by atoms with Crippen molar-refractivity contribution in [2.75, 3.05) is 6.54 Å². The normalized spacial score (nSPS) is 10.6. The second-order valence-corrected chi connectivity index (χ2v) is 5.67. The summed E-state index contributed by atoms with van der Waals surface area (Å²) in [5.74, 6) is 0.882. The fraction of sp³-hybridized carbons (Fsp3) is 0.294. The Morgan fingerprint density at radius 1 is 1.05 bits per heavy atom. The van der Waals surface area contributed by atoms with Crippen molar-refractivity contribution < 1.29 is 4.74 Å². The molecule has 0 aromatic heterocycles. The van der Waals surface area contributed by atoms with Gasteiger partial charge in [0, 0.05) is 6.54 Å². The van der Waals surface area contributed by atoms with Crippen molar-refractivity contribution in [3.05, 3.63) is 63.6 Å². The highest BCUT2D eigenvalue weighted by molar-refractivity contribution is 9.10. The van der Waals surface area contributed by atoms with Crippen LogP contribution in [0, 0.1) is 6.92 Å². The van der Waals surface area contributed by atoms with Crippen molar-refractivity contribution in [2.24, 2.45) is 0 Å². The molecule has 2 aromatic rings. The lowest BCUT2D eigenvalue weighted by molar-refractivity contribution is 0.304. The lowest BCUT2D eigenvalue weighted by Gasteiger charge is -2.09. The zero-order valence-corrected chi connectivity index (χ0v) is 13.5. The molecule has 2 aromatic carbocycles. The Morgan fingerprint density at radius 3 is 2.40 bits per heavy atom. The van der Waals surface area contributed by atoms with E-state index in [1.165, 1.54) is 16.7 Å². The molecule has 0 aliphatic heterocycles. The molecule has 2 rings (SSSR count). The third kappa shape index (κ3) is 4.36. The van der Waals surface area contributed by atoms with Crippen LogP contribution in [0.15, 0.2) is 46.9 Å². The molecule has 0 saturated heterocycles. The van der Waals surface area contributed by atoms with E-state index in [0.717, 1.165) is 23.3 Å². The average Bonchev–Trinajstić information content (AvgIpc) is 2.45. The van der Waals surface area contributed by atoms with Crippen molar-refractivity contribution in [1.82, 2.24) is 5.32 Å². The predicted octanol–water partition coefficient (Wildman–Crippen LogP) is 4.45. The van der Waals surface area contributed by atoms with Crippen LogP contribution in [-0.2, 0) is 13.2 Å². The average molecular weight is 334 g/mol. The summed E-state index contributed by atoms with van der Waals surface area (Å²) >= 11 is 3.53. The van der Waals surface area contributed by atoms with Crippen LogP contribution >= 0.6 is 15.9 Å². The molecular formula is C17H20BrNO. The highest BCUT2D eigenvalue weighted by atomic mass is 79.9. The van der Waals surface area contributed by atoms with Gasteiger partial charge in [-0.2, -0.15) is 0 Å². The summed E-state index contributed by atoms with van der Waals surface area (Å²) < 4.78 is 6.84. The lowest BCUT2D eigenvalue weighted by atomic mass is 10.1. The lowest BCUT2D eigenvalue weighted by Crippen LogP contribution is -2.11. The van der Waals surface area contributed by atoms with E-state index in [4.69, 9.17) is 4.74 Å². The summed E-state index contributed by atoms with van der Waals surface area (Å²) in [7, 11) is 0.